The number of halogens is 2. The van der Waals surface area contributed by atoms with Crippen LogP contribution in [-0.2, 0) is 7.05 Å². The van der Waals surface area contributed by atoms with E-state index in [2.05, 4.69) is 26.8 Å². The molecule has 0 radical (unpaired) electrons. The highest BCUT2D eigenvalue weighted by atomic mass is 19.1. The molecule has 0 atom stereocenters. The van der Waals surface area contributed by atoms with Crippen LogP contribution in [-0.4, -0.2) is 19.5 Å². The molecule has 2 aromatic heterocycles. The molecule has 4 nitrogen and oxygen atoms in total. The third-order valence-corrected chi connectivity index (χ3v) is 4.10. The Kier molecular flexibility index (Phi) is 4.13. The first-order valence-electron chi connectivity index (χ1n) is 8.26. The number of imidazole rings is 1. The maximum absolute atomic E-state index is 14.3. The Labute approximate surface area is 154 Å². The minimum absolute atomic E-state index is 0.0226. The van der Waals surface area contributed by atoms with Gasteiger partial charge in [0.05, 0.1) is 11.1 Å². The number of hydrogen-bond acceptors (Lipinski definition) is 3. The summed E-state index contributed by atoms with van der Waals surface area (Å²) in [6, 6.07) is 11.8. The molecule has 4 rings (SSSR count). The summed E-state index contributed by atoms with van der Waals surface area (Å²) in [5.41, 5.74) is 1.82. The summed E-state index contributed by atoms with van der Waals surface area (Å²) >= 11 is 0. The molecule has 0 fully saturated rings. The molecule has 0 bridgehead atoms. The Bertz CT molecular complexity index is 1220. The van der Waals surface area contributed by atoms with Crippen LogP contribution in [0.1, 0.15) is 17.3 Å². The predicted molar refractivity (Wildman–Crippen MR) is 98.8 cm³/mol. The van der Waals surface area contributed by atoms with Crippen LogP contribution in [0.4, 0.5) is 8.78 Å². The molecule has 0 N–H and O–H groups in total. The molecular formula is C21H14F2N4. The zero-order chi connectivity index (χ0) is 19.0. The van der Waals surface area contributed by atoms with Crippen LogP contribution in [0.15, 0.2) is 48.7 Å². The van der Waals surface area contributed by atoms with Crippen molar-refractivity contribution >= 4 is 10.9 Å². The highest BCUT2D eigenvalue weighted by Gasteiger charge is 2.13. The maximum Gasteiger partial charge on any atom is 0.186 e. The summed E-state index contributed by atoms with van der Waals surface area (Å²) in [6.07, 6.45) is 1.86. The van der Waals surface area contributed by atoms with E-state index in [-0.39, 0.29) is 16.6 Å². The molecule has 132 valence electrons. The molecule has 0 spiro atoms. The highest BCUT2D eigenvalue weighted by Crippen LogP contribution is 2.22. The molecule has 2 aromatic carbocycles. The summed E-state index contributed by atoms with van der Waals surface area (Å²) in [6.45, 7) is 1.61. The number of aromatic nitrogens is 4. The molecule has 27 heavy (non-hydrogen) atoms. The van der Waals surface area contributed by atoms with Gasteiger partial charge in [-0.1, -0.05) is 30.3 Å². The summed E-state index contributed by atoms with van der Waals surface area (Å²) < 4.78 is 30.1. The monoisotopic (exact) mass is 360 g/mol. The minimum atomic E-state index is -0.611. The van der Waals surface area contributed by atoms with Crippen molar-refractivity contribution in [1.29, 1.82) is 0 Å². The Morgan fingerprint density at radius 1 is 0.889 bits per heavy atom. The van der Waals surface area contributed by atoms with Crippen molar-refractivity contribution < 1.29 is 8.78 Å². The molecule has 0 saturated carbocycles. The lowest BCUT2D eigenvalue weighted by molar-refractivity contribution is 0.614. The van der Waals surface area contributed by atoms with Gasteiger partial charge in [0, 0.05) is 18.8 Å². The zero-order valence-corrected chi connectivity index (χ0v) is 14.7. The summed E-state index contributed by atoms with van der Waals surface area (Å²) in [5.74, 6) is 5.33. The van der Waals surface area contributed by atoms with Crippen molar-refractivity contribution in [3.63, 3.8) is 0 Å². The Morgan fingerprint density at radius 2 is 1.63 bits per heavy atom. The fourth-order valence-electron chi connectivity index (χ4n) is 2.82. The normalized spacial score (nSPS) is 10.7. The van der Waals surface area contributed by atoms with E-state index in [9.17, 15) is 8.78 Å². The van der Waals surface area contributed by atoms with Crippen LogP contribution in [0.5, 0.6) is 0 Å². The Balaban J connectivity index is 1.82. The molecule has 0 saturated heterocycles. The molecule has 0 aliphatic heterocycles. The summed E-state index contributed by atoms with van der Waals surface area (Å²) in [4.78, 5) is 12.7. The van der Waals surface area contributed by atoms with E-state index in [1.807, 2.05) is 43.6 Å². The first kappa shape index (κ1) is 16.9. The second-order valence-corrected chi connectivity index (χ2v) is 6.05. The highest BCUT2D eigenvalue weighted by molar-refractivity contribution is 5.84. The Morgan fingerprint density at radius 3 is 2.41 bits per heavy atom. The number of aryl methyl sites for hydroxylation is 2. The second-order valence-electron chi connectivity index (χ2n) is 6.05. The smallest absolute Gasteiger partial charge is 0.186 e. The van der Waals surface area contributed by atoms with E-state index < -0.39 is 11.6 Å². The molecule has 4 aromatic rings. The van der Waals surface area contributed by atoms with Crippen molar-refractivity contribution in [3.05, 3.63) is 77.6 Å². The molecule has 0 unspecified atom stereocenters. The molecule has 0 aliphatic rings. The molecular weight excluding hydrogens is 346 g/mol. The van der Waals surface area contributed by atoms with Crippen LogP contribution in [0, 0.1) is 30.4 Å². The average Bonchev–Trinajstić information content (AvgIpc) is 3.04. The SMILES string of the molecule is Cc1nc(C#Cc2nc(-c3ccccc3)cn2C)c2c(F)ccc(F)c2n1. The number of rotatable bonds is 1. The third-order valence-electron chi connectivity index (χ3n) is 4.10. The molecule has 6 heteroatoms. The minimum Gasteiger partial charge on any atom is -0.327 e. The van der Waals surface area contributed by atoms with Gasteiger partial charge >= 0.3 is 0 Å². The van der Waals surface area contributed by atoms with Gasteiger partial charge in [-0.2, -0.15) is 0 Å². The fraction of sp³-hybridized carbons (Fsp3) is 0.0952. The number of nitrogens with zero attached hydrogens (tertiary/aromatic N) is 4. The number of benzene rings is 2. The van der Waals surface area contributed by atoms with Crippen LogP contribution >= 0.6 is 0 Å². The first-order valence-corrected chi connectivity index (χ1v) is 8.26. The lowest BCUT2D eigenvalue weighted by atomic mass is 10.1. The van der Waals surface area contributed by atoms with Gasteiger partial charge in [-0.15, -0.1) is 0 Å². The van der Waals surface area contributed by atoms with E-state index in [0.717, 1.165) is 23.4 Å². The van der Waals surface area contributed by atoms with Crippen LogP contribution in [0.3, 0.4) is 0 Å². The summed E-state index contributed by atoms with van der Waals surface area (Å²) in [7, 11) is 1.83. The summed E-state index contributed by atoms with van der Waals surface area (Å²) in [5, 5.41) is -0.0226. The maximum atomic E-state index is 14.3. The van der Waals surface area contributed by atoms with Crippen molar-refractivity contribution in [2.45, 2.75) is 6.92 Å². The largest absolute Gasteiger partial charge is 0.327 e. The van der Waals surface area contributed by atoms with E-state index in [1.165, 1.54) is 0 Å². The molecule has 0 amide bonds. The van der Waals surface area contributed by atoms with Crippen LogP contribution in [0.25, 0.3) is 22.2 Å². The van der Waals surface area contributed by atoms with Gasteiger partial charge in [0.1, 0.15) is 28.7 Å². The number of hydrogen-bond donors (Lipinski definition) is 0. The van der Waals surface area contributed by atoms with E-state index >= 15 is 0 Å². The van der Waals surface area contributed by atoms with Crippen molar-refractivity contribution in [3.8, 4) is 23.1 Å². The quantitative estimate of drug-likeness (QED) is 0.482. The predicted octanol–water partition coefficient (Wildman–Crippen LogP) is 4.02. The first-order chi connectivity index (χ1) is 13.0. The van der Waals surface area contributed by atoms with Crippen molar-refractivity contribution in [2.24, 2.45) is 7.05 Å². The standard InChI is InChI=1S/C21H14F2N4/c1-13-24-17(20-15(22)8-9-16(23)21(20)25-13)10-11-19-26-18(12-27(19)2)14-6-4-3-5-7-14/h3-9,12H,1-2H3. The van der Waals surface area contributed by atoms with E-state index in [0.29, 0.717) is 11.6 Å². The second kappa shape index (κ2) is 6.61. The van der Waals surface area contributed by atoms with Crippen LogP contribution in [0.2, 0.25) is 0 Å². The van der Waals surface area contributed by atoms with E-state index in [4.69, 9.17) is 0 Å². The lowest BCUT2D eigenvalue weighted by Crippen LogP contribution is -1.99. The van der Waals surface area contributed by atoms with Gasteiger partial charge < -0.3 is 4.57 Å². The van der Waals surface area contributed by atoms with Crippen LogP contribution < -0.4 is 0 Å². The third kappa shape index (κ3) is 3.15. The van der Waals surface area contributed by atoms with Gasteiger partial charge in [0.15, 0.2) is 5.82 Å². The van der Waals surface area contributed by atoms with Gasteiger partial charge in [-0.25, -0.2) is 23.7 Å². The zero-order valence-electron chi connectivity index (χ0n) is 14.7. The van der Waals surface area contributed by atoms with Crippen molar-refractivity contribution in [1.82, 2.24) is 19.5 Å². The topological polar surface area (TPSA) is 43.6 Å². The van der Waals surface area contributed by atoms with Gasteiger partial charge in [0.2, 0.25) is 0 Å². The Hall–Kier alpha value is -3.59. The van der Waals surface area contributed by atoms with Gasteiger partial charge in [-0.05, 0) is 30.9 Å². The molecule has 2 heterocycles. The van der Waals surface area contributed by atoms with Gasteiger partial charge in [-0.3, -0.25) is 0 Å². The fourth-order valence-corrected chi connectivity index (χ4v) is 2.82. The lowest BCUT2D eigenvalue weighted by Gasteiger charge is -2.04. The average molecular weight is 360 g/mol. The molecule has 0 aliphatic carbocycles. The van der Waals surface area contributed by atoms with Crippen molar-refractivity contribution in [2.75, 3.05) is 0 Å². The number of fused-ring (bicyclic) bond motifs is 1. The van der Waals surface area contributed by atoms with Gasteiger partial charge in [0.25, 0.3) is 0 Å². The van der Waals surface area contributed by atoms with E-state index in [1.54, 1.807) is 11.5 Å².